The third-order valence-electron chi connectivity index (χ3n) is 5.69. The molecule has 0 bridgehead atoms. The molecule has 1 aromatic carbocycles. The summed E-state index contributed by atoms with van der Waals surface area (Å²) >= 11 is 0. The molecule has 8 nitrogen and oxygen atoms in total. The second kappa shape index (κ2) is 12.1. The summed E-state index contributed by atoms with van der Waals surface area (Å²) in [6, 6.07) is 3.33. The number of nitrogens with zero attached hydrogens (tertiary/aromatic N) is 1. The largest absolute Gasteiger partial charge is 0.480 e. The van der Waals surface area contributed by atoms with Crippen molar-refractivity contribution in [3.8, 4) is 5.75 Å². The summed E-state index contributed by atoms with van der Waals surface area (Å²) in [5.74, 6) is -5.99. The highest BCUT2D eigenvalue weighted by molar-refractivity contribution is 5.91. The van der Waals surface area contributed by atoms with E-state index in [-0.39, 0.29) is 24.1 Å². The van der Waals surface area contributed by atoms with Gasteiger partial charge in [0.05, 0.1) is 6.04 Å². The molecule has 1 aliphatic carbocycles. The first-order valence-electron chi connectivity index (χ1n) is 12.0. The zero-order valence-corrected chi connectivity index (χ0v) is 20.9. The molecule has 1 aromatic heterocycles. The number of carbonyl (C=O) groups excluding carboxylic acids is 3. The van der Waals surface area contributed by atoms with E-state index in [4.69, 9.17) is 9.47 Å². The van der Waals surface area contributed by atoms with Crippen LogP contribution in [0.25, 0.3) is 0 Å². The second-order valence-electron chi connectivity index (χ2n) is 9.85. The SMILES string of the molecule is CC(C)(C)OC(=O)Nc1ccc(CC(NC(=O)C2CCCC2)C(=O)COc2c(F)ccc(F)c2F)cn1. The monoisotopic (exact) mass is 521 g/mol. The van der Waals surface area contributed by atoms with Crippen LogP contribution in [-0.4, -0.2) is 41.0 Å². The predicted molar refractivity (Wildman–Crippen MR) is 129 cm³/mol. The first-order chi connectivity index (χ1) is 17.4. The quantitative estimate of drug-likeness (QED) is 0.463. The Balaban J connectivity index is 1.70. The Morgan fingerprint density at radius 3 is 2.35 bits per heavy atom. The fourth-order valence-corrected chi connectivity index (χ4v) is 3.87. The van der Waals surface area contributed by atoms with Gasteiger partial charge in [0.25, 0.3) is 0 Å². The van der Waals surface area contributed by atoms with Crippen molar-refractivity contribution in [2.45, 2.75) is 64.5 Å². The summed E-state index contributed by atoms with van der Waals surface area (Å²) in [5.41, 5.74) is -0.142. The van der Waals surface area contributed by atoms with Crippen molar-refractivity contribution < 1.29 is 37.0 Å². The number of nitrogens with one attached hydrogen (secondary N) is 2. The lowest BCUT2D eigenvalue weighted by molar-refractivity contribution is -0.131. The second-order valence-corrected chi connectivity index (χ2v) is 9.85. The average Bonchev–Trinajstić information content (AvgIpc) is 3.36. The average molecular weight is 522 g/mol. The smallest absolute Gasteiger partial charge is 0.413 e. The summed E-state index contributed by atoms with van der Waals surface area (Å²) in [5, 5.41) is 5.20. The molecule has 200 valence electrons. The van der Waals surface area contributed by atoms with Gasteiger partial charge < -0.3 is 14.8 Å². The molecule has 11 heteroatoms. The first kappa shape index (κ1) is 27.9. The molecule has 1 unspecified atom stereocenters. The van der Waals surface area contributed by atoms with Crippen LogP contribution >= 0.6 is 0 Å². The van der Waals surface area contributed by atoms with Crippen LogP contribution in [0.4, 0.5) is 23.8 Å². The Labute approximate surface area is 212 Å². The summed E-state index contributed by atoms with van der Waals surface area (Å²) < 4.78 is 51.4. The molecule has 3 rings (SSSR count). The van der Waals surface area contributed by atoms with Crippen LogP contribution in [0, 0.1) is 23.4 Å². The number of rotatable bonds is 9. The number of hydrogen-bond donors (Lipinski definition) is 2. The minimum atomic E-state index is -1.54. The number of ketones is 1. The molecule has 1 atom stereocenters. The van der Waals surface area contributed by atoms with Crippen molar-refractivity contribution in [2.24, 2.45) is 5.92 Å². The fourth-order valence-electron chi connectivity index (χ4n) is 3.87. The molecule has 0 saturated heterocycles. The Kier molecular flexibility index (Phi) is 9.12. The number of hydrogen-bond acceptors (Lipinski definition) is 6. The molecular formula is C26H30F3N3O5. The van der Waals surface area contributed by atoms with Crippen LogP contribution in [0.1, 0.15) is 52.0 Å². The van der Waals surface area contributed by atoms with Gasteiger partial charge in [-0.1, -0.05) is 18.9 Å². The van der Waals surface area contributed by atoms with Gasteiger partial charge in [0.2, 0.25) is 11.7 Å². The third kappa shape index (κ3) is 8.19. The van der Waals surface area contributed by atoms with Gasteiger partial charge in [-0.2, -0.15) is 4.39 Å². The van der Waals surface area contributed by atoms with E-state index < -0.39 is 53.3 Å². The zero-order chi connectivity index (χ0) is 27.2. The van der Waals surface area contributed by atoms with Crippen molar-refractivity contribution in [1.29, 1.82) is 0 Å². The van der Waals surface area contributed by atoms with Crippen LogP contribution in [0.15, 0.2) is 30.5 Å². The van der Waals surface area contributed by atoms with Gasteiger partial charge in [0, 0.05) is 18.5 Å². The predicted octanol–water partition coefficient (Wildman–Crippen LogP) is 4.71. The number of amides is 2. The Bertz CT molecular complexity index is 1130. The number of aromatic nitrogens is 1. The lowest BCUT2D eigenvalue weighted by Gasteiger charge is -2.21. The van der Waals surface area contributed by atoms with Gasteiger partial charge in [-0.05, 0) is 57.4 Å². The van der Waals surface area contributed by atoms with E-state index >= 15 is 0 Å². The van der Waals surface area contributed by atoms with Crippen LogP contribution in [0.3, 0.4) is 0 Å². The summed E-state index contributed by atoms with van der Waals surface area (Å²) in [6.07, 6.45) is 3.97. The van der Waals surface area contributed by atoms with E-state index in [0.717, 1.165) is 12.8 Å². The van der Waals surface area contributed by atoms with Crippen LogP contribution in [0.5, 0.6) is 5.75 Å². The van der Waals surface area contributed by atoms with Crippen molar-refractivity contribution in [3.05, 3.63) is 53.5 Å². The van der Waals surface area contributed by atoms with Crippen molar-refractivity contribution >= 4 is 23.6 Å². The van der Waals surface area contributed by atoms with Gasteiger partial charge in [-0.25, -0.2) is 18.6 Å². The number of benzene rings is 1. The molecule has 0 radical (unpaired) electrons. The van der Waals surface area contributed by atoms with Crippen LogP contribution in [0.2, 0.25) is 0 Å². The van der Waals surface area contributed by atoms with Crippen molar-refractivity contribution in [1.82, 2.24) is 10.3 Å². The van der Waals surface area contributed by atoms with Crippen molar-refractivity contribution in [3.63, 3.8) is 0 Å². The maximum atomic E-state index is 13.9. The first-order valence-corrected chi connectivity index (χ1v) is 12.0. The number of ether oxygens (including phenoxy) is 2. The molecule has 2 amide bonds. The summed E-state index contributed by atoms with van der Waals surface area (Å²) in [6.45, 7) is 4.38. The van der Waals surface area contributed by atoms with Gasteiger partial charge in [-0.3, -0.25) is 14.9 Å². The topological polar surface area (TPSA) is 107 Å². The molecule has 1 saturated carbocycles. The van der Waals surface area contributed by atoms with E-state index in [1.165, 1.54) is 12.3 Å². The van der Waals surface area contributed by atoms with Crippen molar-refractivity contribution in [2.75, 3.05) is 11.9 Å². The minimum absolute atomic E-state index is 0.00842. The molecule has 2 N–H and O–H groups in total. The molecule has 1 heterocycles. The molecule has 0 spiro atoms. The summed E-state index contributed by atoms with van der Waals surface area (Å²) in [4.78, 5) is 41.7. The highest BCUT2D eigenvalue weighted by atomic mass is 19.2. The highest BCUT2D eigenvalue weighted by Gasteiger charge is 2.29. The Morgan fingerprint density at radius 2 is 1.73 bits per heavy atom. The number of carbonyl (C=O) groups is 3. The highest BCUT2D eigenvalue weighted by Crippen LogP contribution is 2.26. The summed E-state index contributed by atoms with van der Waals surface area (Å²) in [7, 11) is 0. The molecule has 0 aliphatic heterocycles. The minimum Gasteiger partial charge on any atom is -0.480 e. The fraction of sp³-hybridized carbons (Fsp3) is 0.462. The maximum absolute atomic E-state index is 13.9. The standard InChI is InChI=1S/C26H30F3N3O5/c1-26(2,3)37-25(35)32-21-11-8-15(13-30-21)12-19(31-24(34)16-6-4-5-7-16)20(33)14-36-23-18(28)10-9-17(27)22(23)29/h8-11,13,16,19H,4-7,12,14H2,1-3H3,(H,31,34)(H,30,32,35). The van der Waals surface area contributed by atoms with E-state index in [1.807, 2.05) is 0 Å². The number of Topliss-reactive ketones (excluding diaryl/α,β-unsaturated/α-hetero) is 1. The van der Waals surface area contributed by atoms with Crippen LogP contribution < -0.4 is 15.4 Å². The number of halogens is 3. The van der Waals surface area contributed by atoms with Gasteiger partial charge >= 0.3 is 6.09 Å². The molecular weight excluding hydrogens is 491 g/mol. The van der Waals surface area contributed by atoms with Gasteiger partial charge in [-0.15, -0.1) is 0 Å². The zero-order valence-electron chi connectivity index (χ0n) is 20.9. The molecule has 1 aliphatic rings. The van der Waals surface area contributed by atoms with Gasteiger partial charge in [0.1, 0.15) is 18.0 Å². The Morgan fingerprint density at radius 1 is 1.05 bits per heavy atom. The number of pyridine rings is 1. The van der Waals surface area contributed by atoms with E-state index in [1.54, 1.807) is 26.8 Å². The van der Waals surface area contributed by atoms with E-state index in [9.17, 15) is 27.6 Å². The van der Waals surface area contributed by atoms with E-state index in [0.29, 0.717) is 30.5 Å². The lowest BCUT2D eigenvalue weighted by Crippen LogP contribution is -2.46. The molecule has 37 heavy (non-hydrogen) atoms. The van der Waals surface area contributed by atoms with Crippen LogP contribution in [-0.2, 0) is 20.7 Å². The normalized spacial score (nSPS) is 14.6. The lowest BCUT2D eigenvalue weighted by atomic mass is 10.0. The third-order valence-corrected chi connectivity index (χ3v) is 5.69. The maximum Gasteiger partial charge on any atom is 0.413 e. The molecule has 2 aromatic rings. The van der Waals surface area contributed by atoms with E-state index in [2.05, 4.69) is 15.6 Å². The van der Waals surface area contributed by atoms with Gasteiger partial charge in [0.15, 0.2) is 23.2 Å². The Hall–Kier alpha value is -3.63. The molecule has 1 fully saturated rings. The number of anilines is 1.